The van der Waals surface area contributed by atoms with Gasteiger partial charge in [-0.15, -0.1) is 0 Å². The van der Waals surface area contributed by atoms with Crippen LogP contribution < -0.4 is 5.32 Å². The van der Waals surface area contributed by atoms with E-state index in [0.717, 1.165) is 12.1 Å². The van der Waals surface area contributed by atoms with Crippen molar-refractivity contribution in [2.45, 2.75) is 0 Å². The topological polar surface area (TPSA) is 66.4 Å². The quantitative estimate of drug-likeness (QED) is 0.892. The van der Waals surface area contributed by atoms with Gasteiger partial charge in [0, 0.05) is 0 Å². The van der Waals surface area contributed by atoms with E-state index < -0.39 is 17.7 Å². The van der Waals surface area contributed by atoms with Gasteiger partial charge in [-0.2, -0.15) is 0 Å². The van der Waals surface area contributed by atoms with Gasteiger partial charge in [0.2, 0.25) is 0 Å². The highest BCUT2D eigenvalue weighted by Gasteiger charge is 2.17. The van der Waals surface area contributed by atoms with Gasteiger partial charge in [-0.25, -0.2) is 9.18 Å². The number of aromatic carboxylic acids is 1. The van der Waals surface area contributed by atoms with Gasteiger partial charge in [-0.3, -0.25) is 4.79 Å². The number of carboxylic acids is 1. The second-order valence-corrected chi connectivity index (χ2v) is 4.86. The van der Waals surface area contributed by atoms with Gasteiger partial charge in [0.1, 0.15) is 5.82 Å². The SMILES string of the molecule is O=C(O)c1ccc(NC(=O)c2c(Cl)cccc2Cl)c(F)c1. The van der Waals surface area contributed by atoms with Crippen LogP contribution >= 0.6 is 23.2 Å². The van der Waals surface area contributed by atoms with Crippen LogP contribution in [0.4, 0.5) is 10.1 Å². The minimum absolute atomic E-state index is 0.0162. The van der Waals surface area contributed by atoms with E-state index in [9.17, 15) is 14.0 Å². The maximum Gasteiger partial charge on any atom is 0.335 e. The molecule has 0 radical (unpaired) electrons. The fraction of sp³-hybridized carbons (Fsp3) is 0. The molecule has 0 saturated carbocycles. The zero-order valence-electron chi connectivity index (χ0n) is 10.4. The summed E-state index contributed by atoms with van der Waals surface area (Å²) >= 11 is 11.8. The molecule has 0 saturated heterocycles. The number of rotatable bonds is 3. The molecular weight excluding hydrogens is 320 g/mol. The summed E-state index contributed by atoms with van der Waals surface area (Å²) in [6.45, 7) is 0. The largest absolute Gasteiger partial charge is 0.478 e. The zero-order chi connectivity index (χ0) is 15.6. The molecule has 2 aromatic carbocycles. The van der Waals surface area contributed by atoms with Crippen LogP contribution in [0.25, 0.3) is 0 Å². The summed E-state index contributed by atoms with van der Waals surface area (Å²) in [7, 11) is 0. The Morgan fingerprint density at radius 3 is 2.24 bits per heavy atom. The van der Waals surface area contributed by atoms with E-state index in [-0.39, 0.29) is 26.9 Å². The first kappa shape index (κ1) is 15.3. The first-order valence-corrected chi connectivity index (χ1v) is 6.44. The third-order valence-electron chi connectivity index (χ3n) is 2.65. The number of hydrogen-bond donors (Lipinski definition) is 2. The van der Waals surface area contributed by atoms with Gasteiger partial charge < -0.3 is 10.4 Å². The average molecular weight is 328 g/mol. The lowest BCUT2D eigenvalue weighted by molar-refractivity contribution is 0.0696. The normalized spacial score (nSPS) is 10.2. The highest BCUT2D eigenvalue weighted by atomic mass is 35.5. The summed E-state index contributed by atoms with van der Waals surface area (Å²) in [6, 6.07) is 7.67. The molecule has 2 rings (SSSR count). The Bertz CT molecular complexity index is 714. The highest BCUT2D eigenvalue weighted by molar-refractivity contribution is 6.40. The van der Waals surface area contributed by atoms with E-state index in [1.165, 1.54) is 18.2 Å². The number of nitrogens with one attached hydrogen (secondary N) is 1. The van der Waals surface area contributed by atoms with Crippen LogP contribution in [-0.4, -0.2) is 17.0 Å². The molecule has 0 unspecified atom stereocenters. The molecule has 2 aromatic rings. The van der Waals surface area contributed by atoms with Crippen molar-refractivity contribution in [2.75, 3.05) is 5.32 Å². The lowest BCUT2D eigenvalue weighted by Gasteiger charge is -2.09. The Balaban J connectivity index is 2.30. The van der Waals surface area contributed by atoms with Crippen LogP contribution in [0.1, 0.15) is 20.7 Å². The molecule has 0 fully saturated rings. The Kier molecular flexibility index (Phi) is 4.45. The van der Waals surface area contributed by atoms with E-state index in [1.807, 2.05) is 0 Å². The molecule has 0 bridgehead atoms. The standard InChI is InChI=1S/C14H8Cl2FNO3/c15-8-2-1-3-9(16)12(8)13(19)18-11-5-4-7(14(20)21)6-10(11)17/h1-6H,(H,18,19)(H,20,21). The smallest absolute Gasteiger partial charge is 0.335 e. The number of carbonyl (C=O) groups is 2. The highest BCUT2D eigenvalue weighted by Crippen LogP contribution is 2.26. The van der Waals surface area contributed by atoms with E-state index in [1.54, 1.807) is 6.07 Å². The van der Waals surface area contributed by atoms with E-state index in [2.05, 4.69) is 5.32 Å². The molecule has 0 aliphatic carbocycles. The summed E-state index contributed by atoms with van der Waals surface area (Å²) in [5, 5.41) is 11.3. The van der Waals surface area contributed by atoms with Crippen molar-refractivity contribution in [2.24, 2.45) is 0 Å². The van der Waals surface area contributed by atoms with Gasteiger partial charge in [-0.1, -0.05) is 29.3 Å². The van der Waals surface area contributed by atoms with Crippen LogP contribution in [0, 0.1) is 5.82 Å². The second kappa shape index (κ2) is 6.11. The van der Waals surface area contributed by atoms with Crippen molar-refractivity contribution in [1.82, 2.24) is 0 Å². The first-order chi connectivity index (χ1) is 9.90. The molecule has 0 aliphatic heterocycles. The molecule has 1 amide bonds. The maximum atomic E-state index is 13.7. The summed E-state index contributed by atoms with van der Waals surface area (Å²) in [6.07, 6.45) is 0. The van der Waals surface area contributed by atoms with Gasteiger partial charge in [0.15, 0.2) is 0 Å². The minimum Gasteiger partial charge on any atom is -0.478 e. The third kappa shape index (κ3) is 3.32. The van der Waals surface area contributed by atoms with Crippen LogP contribution in [0.3, 0.4) is 0 Å². The Morgan fingerprint density at radius 2 is 1.71 bits per heavy atom. The molecular formula is C14H8Cl2FNO3. The van der Waals surface area contributed by atoms with Gasteiger partial charge in [-0.05, 0) is 30.3 Å². The zero-order valence-corrected chi connectivity index (χ0v) is 11.9. The maximum absolute atomic E-state index is 13.7. The van der Waals surface area contributed by atoms with E-state index in [4.69, 9.17) is 28.3 Å². The lowest BCUT2D eigenvalue weighted by atomic mass is 10.1. The number of carboxylic acid groups (broad SMARTS) is 1. The number of amides is 1. The Hall–Kier alpha value is -2.11. The molecule has 0 atom stereocenters. The monoisotopic (exact) mass is 327 g/mol. The Morgan fingerprint density at radius 1 is 1.10 bits per heavy atom. The van der Waals surface area contributed by atoms with Crippen molar-refractivity contribution in [3.05, 3.63) is 63.4 Å². The summed E-state index contributed by atoms with van der Waals surface area (Å²) in [5.74, 6) is -2.82. The summed E-state index contributed by atoms with van der Waals surface area (Å²) in [4.78, 5) is 22.8. The molecule has 4 nitrogen and oxygen atoms in total. The Labute approximate surface area is 129 Å². The van der Waals surface area contributed by atoms with E-state index in [0.29, 0.717) is 0 Å². The molecule has 0 aliphatic rings. The van der Waals surface area contributed by atoms with Crippen LogP contribution in [-0.2, 0) is 0 Å². The second-order valence-electron chi connectivity index (χ2n) is 4.05. The lowest BCUT2D eigenvalue weighted by Crippen LogP contribution is -2.14. The fourth-order valence-electron chi connectivity index (χ4n) is 1.65. The third-order valence-corrected chi connectivity index (χ3v) is 3.28. The number of carbonyl (C=O) groups excluding carboxylic acids is 1. The summed E-state index contributed by atoms with van der Waals surface area (Å²) < 4.78 is 13.7. The molecule has 108 valence electrons. The summed E-state index contributed by atoms with van der Waals surface area (Å²) in [5.41, 5.74) is -0.371. The molecule has 7 heteroatoms. The number of halogens is 3. The number of anilines is 1. The molecule has 0 aromatic heterocycles. The van der Waals surface area contributed by atoms with Gasteiger partial charge >= 0.3 is 5.97 Å². The molecule has 0 heterocycles. The van der Waals surface area contributed by atoms with Gasteiger partial charge in [0.05, 0.1) is 26.9 Å². The van der Waals surface area contributed by atoms with Crippen molar-refractivity contribution >= 4 is 40.8 Å². The van der Waals surface area contributed by atoms with Crippen LogP contribution in [0.5, 0.6) is 0 Å². The number of benzene rings is 2. The molecule has 0 spiro atoms. The van der Waals surface area contributed by atoms with E-state index >= 15 is 0 Å². The van der Waals surface area contributed by atoms with Crippen molar-refractivity contribution in [3.8, 4) is 0 Å². The predicted octanol–water partition coefficient (Wildman–Crippen LogP) is 4.08. The van der Waals surface area contributed by atoms with Crippen molar-refractivity contribution in [3.63, 3.8) is 0 Å². The van der Waals surface area contributed by atoms with Crippen molar-refractivity contribution in [1.29, 1.82) is 0 Å². The first-order valence-electron chi connectivity index (χ1n) is 5.68. The predicted molar refractivity (Wildman–Crippen MR) is 77.8 cm³/mol. The van der Waals surface area contributed by atoms with Crippen LogP contribution in [0.2, 0.25) is 10.0 Å². The van der Waals surface area contributed by atoms with Gasteiger partial charge in [0.25, 0.3) is 5.91 Å². The minimum atomic E-state index is -1.26. The number of hydrogen-bond acceptors (Lipinski definition) is 2. The average Bonchev–Trinajstić information content (AvgIpc) is 2.40. The fourth-order valence-corrected chi connectivity index (χ4v) is 2.22. The molecule has 2 N–H and O–H groups in total. The van der Waals surface area contributed by atoms with Crippen LogP contribution in [0.15, 0.2) is 36.4 Å². The van der Waals surface area contributed by atoms with Crippen molar-refractivity contribution < 1.29 is 19.1 Å². The molecule has 21 heavy (non-hydrogen) atoms.